The van der Waals surface area contributed by atoms with E-state index in [4.69, 9.17) is 14.2 Å². The summed E-state index contributed by atoms with van der Waals surface area (Å²) in [5, 5.41) is 1.72. The van der Waals surface area contributed by atoms with Gasteiger partial charge in [0.2, 0.25) is 6.29 Å². The molecule has 1 unspecified atom stereocenters. The molecule has 6 nitrogen and oxygen atoms in total. The molecule has 3 aromatic rings. The quantitative estimate of drug-likeness (QED) is 0.513. The summed E-state index contributed by atoms with van der Waals surface area (Å²) in [5.41, 5.74) is 3.27. The summed E-state index contributed by atoms with van der Waals surface area (Å²) in [6.45, 7) is 2.10. The Morgan fingerprint density at radius 3 is 2.83 bits per heavy atom. The van der Waals surface area contributed by atoms with Crippen LogP contribution in [0.4, 0.5) is 0 Å². The number of carbonyl (C=O) groups is 1. The Hall–Kier alpha value is -2.42. The molecule has 0 radical (unpaired) electrons. The van der Waals surface area contributed by atoms with Crippen molar-refractivity contribution in [1.29, 1.82) is 0 Å². The van der Waals surface area contributed by atoms with Crippen molar-refractivity contribution in [2.45, 2.75) is 33.0 Å². The molecule has 0 amide bonds. The van der Waals surface area contributed by atoms with Crippen molar-refractivity contribution < 1.29 is 19.0 Å². The Morgan fingerprint density at radius 1 is 1.31 bits per heavy atom. The summed E-state index contributed by atoms with van der Waals surface area (Å²) < 4.78 is 19.6. The second-order valence-corrected chi connectivity index (χ2v) is 8.35. The van der Waals surface area contributed by atoms with Gasteiger partial charge in [0.15, 0.2) is 0 Å². The Balaban J connectivity index is 1.50. The first-order valence-corrected chi connectivity index (χ1v) is 10.6. The van der Waals surface area contributed by atoms with E-state index in [0.29, 0.717) is 12.4 Å². The van der Waals surface area contributed by atoms with Crippen LogP contribution in [0.2, 0.25) is 0 Å². The largest absolute Gasteiger partial charge is 0.460 e. The lowest BCUT2D eigenvalue weighted by Crippen LogP contribution is -2.22. The fourth-order valence-electron chi connectivity index (χ4n) is 3.09. The van der Waals surface area contributed by atoms with Crippen LogP contribution in [0.1, 0.15) is 28.7 Å². The molecule has 0 spiro atoms. The standard InChI is InChI=1S/C21H18BrNO5S/c1-13-12-29-21(25)23(13)9-18(24)26-10-15-7-17(22)8-16-11-27-20(28-19(15)16)14-5-3-2-4-6-14/h2-8,12,20H,9-11H2,1H3. The Kier molecular flexibility index (Phi) is 5.84. The summed E-state index contributed by atoms with van der Waals surface area (Å²) in [6.07, 6.45) is -0.522. The second kappa shape index (κ2) is 8.52. The number of nitrogens with zero attached hydrogens (tertiary/aromatic N) is 1. The molecule has 0 saturated carbocycles. The van der Waals surface area contributed by atoms with Gasteiger partial charge in [-0.1, -0.05) is 57.6 Å². The first-order chi connectivity index (χ1) is 14.0. The van der Waals surface area contributed by atoms with Gasteiger partial charge in [0.25, 0.3) is 0 Å². The summed E-state index contributed by atoms with van der Waals surface area (Å²) in [7, 11) is 0. The number of aryl methyl sites for hydroxylation is 1. The second-order valence-electron chi connectivity index (χ2n) is 6.61. The Bertz CT molecular complexity index is 1090. The Morgan fingerprint density at radius 2 is 2.10 bits per heavy atom. The predicted octanol–water partition coefficient (Wildman–Crippen LogP) is 4.33. The molecule has 2 heterocycles. The molecule has 0 N–H and O–H groups in total. The van der Waals surface area contributed by atoms with Crippen LogP contribution in [0.5, 0.6) is 5.75 Å². The average molecular weight is 476 g/mol. The minimum Gasteiger partial charge on any atom is -0.460 e. The van der Waals surface area contributed by atoms with Gasteiger partial charge in [-0.3, -0.25) is 14.2 Å². The van der Waals surface area contributed by atoms with Crippen LogP contribution in [0.25, 0.3) is 0 Å². The van der Waals surface area contributed by atoms with Crippen molar-refractivity contribution in [3.8, 4) is 5.75 Å². The first-order valence-electron chi connectivity index (χ1n) is 8.96. The lowest BCUT2D eigenvalue weighted by molar-refractivity contribution is -0.146. The third-order valence-electron chi connectivity index (χ3n) is 4.55. The minimum atomic E-state index is -0.522. The molecular weight excluding hydrogens is 458 g/mol. The number of fused-ring (bicyclic) bond motifs is 1. The van der Waals surface area contributed by atoms with Crippen molar-refractivity contribution in [2.24, 2.45) is 0 Å². The van der Waals surface area contributed by atoms with Gasteiger partial charge >= 0.3 is 10.8 Å². The van der Waals surface area contributed by atoms with Gasteiger partial charge in [0.05, 0.1) is 6.61 Å². The maximum absolute atomic E-state index is 12.3. The summed E-state index contributed by atoms with van der Waals surface area (Å²) in [6, 6.07) is 13.5. The lowest BCUT2D eigenvalue weighted by atomic mass is 10.1. The number of ether oxygens (including phenoxy) is 3. The van der Waals surface area contributed by atoms with E-state index in [1.165, 1.54) is 4.57 Å². The van der Waals surface area contributed by atoms with Crippen molar-refractivity contribution in [1.82, 2.24) is 4.57 Å². The van der Waals surface area contributed by atoms with Crippen molar-refractivity contribution in [3.05, 3.63) is 84.4 Å². The highest BCUT2D eigenvalue weighted by Crippen LogP contribution is 2.38. The summed E-state index contributed by atoms with van der Waals surface area (Å²) >= 11 is 4.55. The molecule has 150 valence electrons. The van der Waals surface area contributed by atoms with Gasteiger partial charge < -0.3 is 14.2 Å². The van der Waals surface area contributed by atoms with Crippen LogP contribution in [0.15, 0.2) is 57.1 Å². The molecule has 2 aromatic carbocycles. The number of esters is 1. The minimum absolute atomic E-state index is 0.0417. The van der Waals surface area contributed by atoms with Gasteiger partial charge in [-0.25, -0.2) is 0 Å². The Labute approximate surface area is 179 Å². The molecule has 4 rings (SSSR count). The molecular formula is C21H18BrNO5S. The molecule has 0 aliphatic carbocycles. The average Bonchev–Trinajstić information content (AvgIpc) is 3.04. The summed E-state index contributed by atoms with van der Waals surface area (Å²) in [5.74, 6) is 0.180. The van der Waals surface area contributed by atoms with Crippen molar-refractivity contribution in [3.63, 3.8) is 0 Å². The molecule has 1 aromatic heterocycles. The molecule has 8 heteroatoms. The van der Waals surface area contributed by atoms with Gasteiger partial charge in [0.1, 0.15) is 18.9 Å². The van der Waals surface area contributed by atoms with Crippen LogP contribution >= 0.6 is 27.3 Å². The zero-order valence-corrected chi connectivity index (χ0v) is 18.0. The molecule has 0 fully saturated rings. The van der Waals surface area contributed by atoms with E-state index in [1.54, 1.807) is 12.3 Å². The first kappa shape index (κ1) is 19.9. The molecule has 1 aliphatic heterocycles. The molecule has 29 heavy (non-hydrogen) atoms. The van der Waals surface area contributed by atoms with Crippen molar-refractivity contribution >= 4 is 33.2 Å². The molecule has 0 saturated heterocycles. The molecule has 1 aliphatic rings. The predicted molar refractivity (Wildman–Crippen MR) is 112 cm³/mol. The van der Waals surface area contributed by atoms with E-state index >= 15 is 0 Å². The zero-order valence-electron chi connectivity index (χ0n) is 15.6. The SMILES string of the molecule is Cc1csc(=O)n1CC(=O)OCc1cc(Br)cc2c1OC(c1ccccc1)OC2. The van der Waals surface area contributed by atoms with Crippen molar-refractivity contribution in [2.75, 3.05) is 0 Å². The third kappa shape index (κ3) is 4.44. The maximum Gasteiger partial charge on any atom is 0.326 e. The molecule has 0 bridgehead atoms. The fraction of sp³-hybridized carbons (Fsp3) is 0.238. The highest BCUT2D eigenvalue weighted by Gasteiger charge is 2.25. The smallest absolute Gasteiger partial charge is 0.326 e. The van der Waals surface area contributed by atoms with Crippen LogP contribution < -0.4 is 9.61 Å². The maximum atomic E-state index is 12.3. The van der Waals surface area contributed by atoms with E-state index < -0.39 is 12.3 Å². The molecule has 1 atom stereocenters. The third-order valence-corrected chi connectivity index (χ3v) is 5.89. The number of carbonyl (C=O) groups excluding carboxylic acids is 1. The van der Waals surface area contributed by atoms with Crippen LogP contribution in [0, 0.1) is 6.92 Å². The number of rotatable bonds is 5. The zero-order chi connectivity index (χ0) is 20.4. The van der Waals surface area contributed by atoms with Gasteiger partial charge in [-0.15, -0.1) is 0 Å². The van der Waals surface area contributed by atoms with Crippen LogP contribution in [0.3, 0.4) is 0 Å². The normalized spacial score (nSPS) is 15.4. The number of halogens is 1. The number of hydrogen-bond acceptors (Lipinski definition) is 6. The van der Waals surface area contributed by atoms with Gasteiger partial charge in [0, 0.05) is 32.2 Å². The number of hydrogen-bond donors (Lipinski definition) is 0. The van der Waals surface area contributed by atoms with E-state index in [0.717, 1.165) is 38.2 Å². The fourth-order valence-corrected chi connectivity index (χ4v) is 4.37. The van der Waals surface area contributed by atoms with E-state index in [1.807, 2.05) is 42.5 Å². The lowest BCUT2D eigenvalue weighted by Gasteiger charge is -2.28. The number of thiazole rings is 1. The van der Waals surface area contributed by atoms with E-state index in [9.17, 15) is 9.59 Å². The van der Waals surface area contributed by atoms with Crippen LogP contribution in [-0.2, 0) is 34.0 Å². The summed E-state index contributed by atoms with van der Waals surface area (Å²) in [4.78, 5) is 23.9. The van der Waals surface area contributed by atoms with Crippen LogP contribution in [-0.4, -0.2) is 10.5 Å². The van der Waals surface area contributed by atoms with Gasteiger partial charge in [-0.05, 0) is 19.1 Å². The van der Waals surface area contributed by atoms with Gasteiger partial charge in [-0.2, -0.15) is 0 Å². The highest BCUT2D eigenvalue weighted by molar-refractivity contribution is 9.10. The van der Waals surface area contributed by atoms with E-state index in [-0.39, 0.29) is 18.0 Å². The topological polar surface area (TPSA) is 66.8 Å². The number of benzene rings is 2. The monoisotopic (exact) mass is 475 g/mol. The highest BCUT2D eigenvalue weighted by atomic mass is 79.9. The number of aromatic nitrogens is 1. The van der Waals surface area contributed by atoms with E-state index in [2.05, 4.69) is 15.9 Å².